The van der Waals surface area contributed by atoms with Gasteiger partial charge in [-0.2, -0.15) is 4.31 Å². The molecule has 1 unspecified atom stereocenters. The van der Waals surface area contributed by atoms with Crippen LogP contribution < -0.4 is 5.73 Å². The highest BCUT2D eigenvalue weighted by atomic mass is 35.5. The van der Waals surface area contributed by atoms with E-state index in [2.05, 4.69) is 0 Å². The molecule has 2 N–H and O–H groups in total. The largest absolute Gasteiger partial charge is 0.465 e. The molecule has 1 aromatic carbocycles. The molecule has 1 aromatic rings. The highest BCUT2D eigenvalue weighted by Crippen LogP contribution is 2.26. The van der Waals surface area contributed by atoms with Crippen LogP contribution in [0, 0.1) is 12.8 Å². The number of ether oxygens (including phenoxy) is 1. The van der Waals surface area contributed by atoms with Crippen LogP contribution in [0.2, 0.25) is 0 Å². The molecule has 1 heterocycles. The zero-order chi connectivity index (χ0) is 17.2. The van der Waals surface area contributed by atoms with Crippen LogP contribution in [0.1, 0.15) is 35.7 Å². The first-order valence-corrected chi connectivity index (χ1v) is 9.16. The van der Waals surface area contributed by atoms with Crippen molar-refractivity contribution in [3.8, 4) is 0 Å². The molecule has 0 aliphatic carbocycles. The van der Waals surface area contributed by atoms with E-state index in [0.717, 1.165) is 12.8 Å². The van der Waals surface area contributed by atoms with E-state index < -0.39 is 16.0 Å². The minimum atomic E-state index is -3.61. The molecular formula is C16H25ClN2O4S. The lowest BCUT2D eigenvalue weighted by molar-refractivity contribution is 0.0599. The van der Waals surface area contributed by atoms with Crippen LogP contribution in [0.3, 0.4) is 0 Å². The predicted molar refractivity (Wildman–Crippen MR) is 94.9 cm³/mol. The van der Waals surface area contributed by atoms with Crippen molar-refractivity contribution >= 4 is 28.4 Å². The normalized spacial score (nSPS) is 17.8. The van der Waals surface area contributed by atoms with Crippen LogP contribution in [-0.2, 0) is 14.8 Å². The molecule has 1 aliphatic heterocycles. The van der Waals surface area contributed by atoms with Crippen molar-refractivity contribution in [3.05, 3.63) is 29.3 Å². The van der Waals surface area contributed by atoms with Crippen molar-refractivity contribution < 1.29 is 17.9 Å². The lowest BCUT2D eigenvalue weighted by Gasteiger charge is -2.33. The van der Waals surface area contributed by atoms with Crippen molar-refractivity contribution in [2.45, 2.75) is 37.6 Å². The fourth-order valence-electron chi connectivity index (χ4n) is 2.88. The van der Waals surface area contributed by atoms with Gasteiger partial charge in [-0.1, -0.05) is 6.07 Å². The number of aryl methyl sites for hydroxylation is 1. The molecule has 1 saturated heterocycles. The van der Waals surface area contributed by atoms with Crippen molar-refractivity contribution in [1.29, 1.82) is 0 Å². The summed E-state index contributed by atoms with van der Waals surface area (Å²) < 4.78 is 31.7. The van der Waals surface area contributed by atoms with Gasteiger partial charge in [0.1, 0.15) is 0 Å². The summed E-state index contributed by atoms with van der Waals surface area (Å²) in [4.78, 5) is 11.9. The van der Waals surface area contributed by atoms with Gasteiger partial charge in [-0.05, 0) is 50.3 Å². The van der Waals surface area contributed by atoms with Gasteiger partial charge in [-0.3, -0.25) is 0 Å². The number of sulfonamides is 1. The third kappa shape index (κ3) is 4.27. The summed E-state index contributed by atoms with van der Waals surface area (Å²) >= 11 is 0. The van der Waals surface area contributed by atoms with Crippen LogP contribution in [-0.4, -0.2) is 44.9 Å². The number of methoxy groups -OCH3 is 1. The number of hydrogen-bond acceptors (Lipinski definition) is 5. The minimum absolute atomic E-state index is 0. The molecule has 0 radical (unpaired) electrons. The molecule has 6 nitrogen and oxygen atoms in total. The second-order valence-corrected chi connectivity index (χ2v) is 8.01. The Hall–Kier alpha value is -1.15. The van der Waals surface area contributed by atoms with Crippen LogP contribution in [0.5, 0.6) is 0 Å². The van der Waals surface area contributed by atoms with E-state index in [4.69, 9.17) is 10.5 Å². The van der Waals surface area contributed by atoms with Gasteiger partial charge in [0.2, 0.25) is 10.0 Å². The maximum absolute atomic E-state index is 12.8. The zero-order valence-electron chi connectivity index (χ0n) is 14.2. The Bertz CT molecular complexity index is 683. The average molecular weight is 377 g/mol. The molecule has 1 fully saturated rings. The number of esters is 1. The maximum Gasteiger partial charge on any atom is 0.338 e. The van der Waals surface area contributed by atoms with E-state index in [1.54, 1.807) is 13.0 Å². The van der Waals surface area contributed by atoms with Crippen LogP contribution >= 0.6 is 12.4 Å². The number of carbonyl (C=O) groups is 1. The van der Waals surface area contributed by atoms with Gasteiger partial charge >= 0.3 is 5.97 Å². The van der Waals surface area contributed by atoms with Crippen LogP contribution in [0.15, 0.2) is 23.1 Å². The van der Waals surface area contributed by atoms with Crippen LogP contribution in [0.4, 0.5) is 0 Å². The quantitative estimate of drug-likeness (QED) is 0.811. The fourth-order valence-corrected chi connectivity index (χ4v) is 4.38. The molecular weight excluding hydrogens is 352 g/mol. The Morgan fingerprint density at radius 3 is 2.42 bits per heavy atom. The molecule has 136 valence electrons. The first kappa shape index (κ1) is 20.9. The first-order chi connectivity index (χ1) is 10.8. The van der Waals surface area contributed by atoms with Gasteiger partial charge in [0.05, 0.1) is 17.6 Å². The number of rotatable bonds is 4. The number of hydrogen-bond donors (Lipinski definition) is 1. The summed E-state index contributed by atoms with van der Waals surface area (Å²) in [5.74, 6) is -0.180. The molecule has 0 bridgehead atoms. The highest BCUT2D eigenvalue weighted by molar-refractivity contribution is 7.89. The number of piperidine rings is 1. The van der Waals surface area contributed by atoms with Crippen molar-refractivity contribution in [2.24, 2.45) is 11.7 Å². The Morgan fingerprint density at radius 1 is 1.33 bits per heavy atom. The summed E-state index contributed by atoms with van der Waals surface area (Å²) in [6.07, 6.45) is 1.51. The Labute approximate surface area is 149 Å². The average Bonchev–Trinajstić information content (AvgIpc) is 2.54. The number of nitrogens with zero attached hydrogens (tertiary/aromatic N) is 1. The number of benzene rings is 1. The molecule has 0 amide bonds. The second-order valence-electron chi connectivity index (χ2n) is 6.07. The van der Waals surface area contributed by atoms with Crippen molar-refractivity contribution in [2.75, 3.05) is 20.2 Å². The summed E-state index contributed by atoms with van der Waals surface area (Å²) in [5.41, 5.74) is 6.86. The summed E-state index contributed by atoms with van der Waals surface area (Å²) in [6, 6.07) is 4.64. The van der Waals surface area contributed by atoms with E-state index in [1.807, 2.05) is 6.92 Å². The Kier molecular flexibility index (Phi) is 7.22. The van der Waals surface area contributed by atoms with E-state index in [-0.39, 0.29) is 28.9 Å². The van der Waals surface area contributed by atoms with Gasteiger partial charge in [-0.15, -0.1) is 12.4 Å². The van der Waals surface area contributed by atoms with Crippen LogP contribution in [0.25, 0.3) is 0 Å². The molecule has 0 spiro atoms. The maximum atomic E-state index is 12.8. The minimum Gasteiger partial charge on any atom is -0.465 e. The monoisotopic (exact) mass is 376 g/mol. The number of nitrogens with two attached hydrogens (primary N) is 1. The molecule has 1 aliphatic rings. The van der Waals surface area contributed by atoms with Gasteiger partial charge in [0, 0.05) is 19.1 Å². The van der Waals surface area contributed by atoms with E-state index in [0.29, 0.717) is 24.6 Å². The SMILES string of the molecule is COC(=O)c1cc(S(=O)(=O)N2CCC(C(C)N)CC2)ccc1C.Cl. The summed E-state index contributed by atoms with van der Waals surface area (Å²) in [7, 11) is -2.33. The zero-order valence-corrected chi connectivity index (χ0v) is 15.8. The summed E-state index contributed by atoms with van der Waals surface area (Å²) in [5, 5.41) is 0. The van der Waals surface area contributed by atoms with Crippen molar-refractivity contribution in [1.82, 2.24) is 4.31 Å². The highest BCUT2D eigenvalue weighted by Gasteiger charge is 2.31. The number of halogens is 1. The van der Waals surface area contributed by atoms with E-state index in [1.165, 1.54) is 23.5 Å². The molecule has 24 heavy (non-hydrogen) atoms. The first-order valence-electron chi connectivity index (χ1n) is 7.72. The Morgan fingerprint density at radius 2 is 1.92 bits per heavy atom. The van der Waals surface area contributed by atoms with E-state index >= 15 is 0 Å². The van der Waals surface area contributed by atoms with Gasteiger partial charge in [0.15, 0.2) is 0 Å². The second kappa shape index (κ2) is 8.29. The Balaban J connectivity index is 0.00000288. The van der Waals surface area contributed by atoms with E-state index in [9.17, 15) is 13.2 Å². The third-order valence-electron chi connectivity index (χ3n) is 4.49. The molecule has 1 atom stereocenters. The fraction of sp³-hybridized carbons (Fsp3) is 0.562. The van der Waals surface area contributed by atoms with Crippen molar-refractivity contribution in [3.63, 3.8) is 0 Å². The van der Waals surface area contributed by atoms with Gasteiger partial charge < -0.3 is 10.5 Å². The third-order valence-corrected chi connectivity index (χ3v) is 6.39. The molecule has 8 heteroatoms. The lowest BCUT2D eigenvalue weighted by atomic mass is 9.92. The van der Waals surface area contributed by atoms with Gasteiger partial charge in [0.25, 0.3) is 0 Å². The van der Waals surface area contributed by atoms with Gasteiger partial charge in [-0.25, -0.2) is 13.2 Å². The number of carbonyl (C=O) groups excluding carboxylic acids is 1. The lowest BCUT2D eigenvalue weighted by Crippen LogP contribution is -2.42. The molecule has 0 saturated carbocycles. The molecule has 2 rings (SSSR count). The summed E-state index contributed by atoms with van der Waals surface area (Å²) in [6.45, 7) is 4.61. The smallest absolute Gasteiger partial charge is 0.338 e. The predicted octanol–water partition coefficient (Wildman–Crippen LogP) is 1.95. The molecule has 0 aromatic heterocycles. The standard InChI is InChI=1S/C16H24N2O4S.ClH/c1-11-4-5-14(10-15(11)16(19)22-3)23(20,21)18-8-6-13(7-9-18)12(2)17;/h4-5,10,12-13H,6-9,17H2,1-3H3;1H. The topological polar surface area (TPSA) is 89.7 Å².